The summed E-state index contributed by atoms with van der Waals surface area (Å²) in [6.07, 6.45) is 3.32. The largest absolute Gasteiger partial charge is 0.353 e. The Hall–Kier alpha value is 0.130. The van der Waals surface area contributed by atoms with E-state index in [2.05, 4.69) is 5.32 Å². The molecule has 0 spiro atoms. The molecule has 0 aromatic carbocycles. The summed E-state index contributed by atoms with van der Waals surface area (Å²) in [5, 5.41) is 2.96. The van der Waals surface area contributed by atoms with Gasteiger partial charge in [0.15, 0.2) is 0 Å². The second-order valence-electron chi connectivity index (χ2n) is 4.01. The topological polar surface area (TPSA) is 55.1 Å². The maximum Gasteiger partial charge on any atom is 0.243 e. The lowest BCUT2D eigenvalue weighted by Gasteiger charge is -2.38. The number of hydrogen-bond donors (Lipinski definition) is 2. The van der Waals surface area contributed by atoms with Crippen molar-refractivity contribution in [3.63, 3.8) is 0 Å². The first-order valence-corrected chi connectivity index (χ1v) is 7.09. The van der Waals surface area contributed by atoms with Crippen LogP contribution >= 0.6 is 23.5 Å². The zero-order valence-corrected chi connectivity index (χ0v) is 9.76. The number of thioether (sulfide) groups is 2. The van der Waals surface area contributed by atoms with Crippen LogP contribution in [-0.2, 0) is 4.79 Å². The van der Waals surface area contributed by atoms with E-state index in [0.717, 1.165) is 24.3 Å². The molecule has 0 atom stereocenters. The van der Waals surface area contributed by atoms with Crippen molar-refractivity contribution in [1.29, 1.82) is 0 Å². The Balaban J connectivity index is 1.71. The average molecular weight is 232 g/mol. The van der Waals surface area contributed by atoms with Crippen molar-refractivity contribution in [2.45, 2.75) is 29.4 Å². The third kappa shape index (κ3) is 2.38. The molecule has 0 bridgehead atoms. The van der Waals surface area contributed by atoms with Gasteiger partial charge in [-0.2, -0.15) is 0 Å². The van der Waals surface area contributed by atoms with Gasteiger partial charge in [0.1, 0.15) is 4.58 Å². The monoisotopic (exact) mass is 232 g/mol. The van der Waals surface area contributed by atoms with E-state index in [1.165, 1.54) is 6.42 Å². The van der Waals surface area contributed by atoms with Crippen molar-refractivity contribution < 1.29 is 4.79 Å². The van der Waals surface area contributed by atoms with Crippen LogP contribution < -0.4 is 11.1 Å². The average Bonchev–Trinajstić information content (AvgIpc) is 2.63. The van der Waals surface area contributed by atoms with Crippen LogP contribution in [0.4, 0.5) is 0 Å². The van der Waals surface area contributed by atoms with Gasteiger partial charge in [-0.3, -0.25) is 4.79 Å². The van der Waals surface area contributed by atoms with Gasteiger partial charge in [-0.05, 0) is 19.3 Å². The van der Waals surface area contributed by atoms with Gasteiger partial charge >= 0.3 is 0 Å². The summed E-state index contributed by atoms with van der Waals surface area (Å²) in [4.78, 5) is 11.6. The van der Waals surface area contributed by atoms with Crippen molar-refractivity contribution in [2.24, 2.45) is 5.73 Å². The molecular weight excluding hydrogens is 216 g/mol. The number of carbonyl (C=O) groups excluding carboxylic acids is 1. The zero-order valence-electron chi connectivity index (χ0n) is 8.12. The molecule has 2 rings (SSSR count). The maximum absolute atomic E-state index is 11.6. The Morgan fingerprint density at radius 3 is 2.57 bits per heavy atom. The van der Waals surface area contributed by atoms with E-state index >= 15 is 0 Å². The molecule has 1 amide bonds. The van der Waals surface area contributed by atoms with Crippen molar-refractivity contribution in [3.05, 3.63) is 0 Å². The third-order valence-corrected chi connectivity index (χ3v) is 5.79. The van der Waals surface area contributed by atoms with Crippen LogP contribution in [0.25, 0.3) is 0 Å². The van der Waals surface area contributed by atoms with E-state index in [1.807, 2.05) is 0 Å². The van der Waals surface area contributed by atoms with Crippen LogP contribution in [0.3, 0.4) is 0 Å². The number of amides is 1. The third-order valence-electron chi connectivity index (χ3n) is 2.80. The highest BCUT2D eigenvalue weighted by molar-refractivity contribution is 8.21. The number of hydrogen-bond acceptors (Lipinski definition) is 4. The predicted octanol–water partition coefficient (Wildman–Crippen LogP) is 0.790. The van der Waals surface area contributed by atoms with Crippen LogP contribution in [0.5, 0.6) is 0 Å². The highest BCUT2D eigenvalue weighted by atomic mass is 32.2. The minimum Gasteiger partial charge on any atom is -0.353 e. The smallest absolute Gasteiger partial charge is 0.243 e. The van der Waals surface area contributed by atoms with Gasteiger partial charge in [-0.15, -0.1) is 23.5 Å². The first-order valence-electron chi connectivity index (χ1n) is 4.99. The molecule has 1 aliphatic heterocycles. The van der Waals surface area contributed by atoms with Crippen LogP contribution in [0.2, 0.25) is 0 Å². The summed E-state index contributed by atoms with van der Waals surface area (Å²) < 4.78 is 0.110. The molecule has 0 unspecified atom stereocenters. The van der Waals surface area contributed by atoms with E-state index < -0.39 is 0 Å². The molecule has 3 nitrogen and oxygen atoms in total. The highest BCUT2D eigenvalue weighted by Gasteiger charge is 2.33. The van der Waals surface area contributed by atoms with E-state index in [4.69, 9.17) is 5.73 Å². The minimum atomic E-state index is -0.0937. The SMILES string of the molecule is NC1(CNC(=O)C2SCCS2)CCC1. The molecule has 1 aliphatic carbocycles. The van der Waals surface area contributed by atoms with Gasteiger partial charge in [-0.25, -0.2) is 0 Å². The molecule has 0 radical (unpaired) electrons. The number of nitrogens with one attached hydrogen (secondary N) is 1. The lowest BCUT2D eigenvalue weighted by atomic mass is 9.78. The summed E-state index contributed by atoms with van der Waals surface area (Å²) >= 11 is 3.47. The molecule has 2 aliphatic rings. The molecule has 1 saturated carbocycles. The van der Waals surface area contributed by atoms with Crippen LogP contribution in [-0.4, -0.2) is 34.1 Å². The Bertz CT molecular complexity index is 225. The molecular formula is C9H16N2OS2. The van der Waals surface area contributed by atoms with Crippen molar-refractivity contribution >= 4 is 29.4 Å². The molecule has 2 fully saturated rings. The van der Waals surface area contributed by atoms with Gasteiger partial charge in [0.05, 0.1) is 0 Å². The summed E-state index contributed by atoms with van der Waals surface area (Å²) in [6, 6.07) is 0. The van der Waals surface area contributed by atoms with Gasteiger partial charge in [0.25, 0.3) is 0 Å². The fraction of sp³-hybridized carbons (Fsp3) is 0.889. The quantitative estimate of drug-likeness (QED) is 0.755. The second-order valence-corrected chi connectivity index (χ2v) is 6.73. The lowest BCUT2D eigenvalue weighted by molar-refractivity contribution is -0.119. The van der Waals surface area contributed by atoms with Crippen LogP contribution in [0.1, 0.15) is 19.3 Å². The fourth-order valence-corrected chi connectivity index (χ4v) is 4.29. The molecule has 5 heteroatoms. The summed E-state index contributed by atoms with van der Waals surface area (Å²) in [7, 11) is 0. The Kier molecular flexibility index (Phi) is 3.29. The van der Waals surface area contributed by atoms with Crippen molar-refractivity contribution in [1.82, 2.24) is 5.32 Å². The summed E-state index contributed by atoms with van der Waals surface area (Å²) in [5.74, 6) is 2.35. The first-order chi connectivity index (χ1) is 6.70. The predicted molar refractivity (Wildman–Crippen MR) is 62.5 cm³/mol. The van der Waals surface area contributed by atoms with Crippen LogP contribution in [0.15, 0.2) is 0 Å². The number of rotatable bonds is 3. The van der Waals surface area contributed by atoms with Gasteiger partial charge in [0.2, 0.25) is 5.91 Å². The maximum atomic E-state index is 11.6. The highest BCUT2D eigenvalue weighted by Crippen LogP contribution is 2.32. The molecule has 1 heterocycles. The molecule has 14 heavy (non-hydrogen) atoms. The van der Waals surface area contributed by atoms with Crippen LogP contribution in [0, 0.1) is 0 Å². The van der Waals surface area contributed by atoms with Gasteiger partial charge in [0, 0.05) is 23.6 Å². The molecule has 0 aromatic rings. The molecule has 1 saturated heterocycles. The molecule has 80 valence electrons. The van der Waals surface area contributed by atoms with Crippen molar-refractivity contribution in [3.8, 4) is 0 Å². The van der Waals surface area contributed by atoms with E-state index in [-0.39, 0.29) is 16.0 Å². The zero-order chi connectivity index (χ0) is 10.0. The number of carbonyl (C=O) groups is 1. The Morgan fingerprint density at radius 1 is 1.43 bits per heavy atom. The first kappa shape index (κ1) is 10.6. The van der Waals surface area contributed by atoms with E-state index in [9.17, 15) is 4.79 Å². The van der Waals surface area contributed by atoms with Gasteiger partial charge in [-0.1, -0.05) is 0 Å². The summed E-state index contributed by atoms with van der Waals surface area (Å²) in [6.45, 7) is 0.656. The van der Waals surface area contributed by atoms with Gasteiger partial charge < -0.3 is 11.1 Å². The molecule has 3 N–H and O–H groups in total. The number of nitrogens with two attached hydrogens (primary N) is 1. The Morgan fingerprint density at radius 2 is 2.07 bits per heavy atom. The molecule has 0 aromatic heterocycles. The summed E-state index contributed by atoms with van der Waals surface area (Å²) in [5.41, 5.74) is 5.93. The standard InChI is InChI=1S/C9H16N2OS2/c10-9(2-1-3-9)6-11-7(12)8-13-4-5-14-8/h8H,1-6,10H2,(H,11,12). The minimum absolute atomic E-state index is 0.0937. The second kappa shape index (κ2) is 4.33. The Labute approximate surface area is 92.9 Å². The lowest BCUT2D eigenvalue weighted by Crippen LogP contribution is -2.55. The van der Waals surface area contributed by atoms with Crippen molar-refractivity contribution in [2.75, 3.05) is 18.1 Å². The van der Waals surface area contributed by atoms with E-state index in [0.29, 0.717) is 6.54 Å². The normalized spacial score (nSPS) is 25.8. The fourth-order valence-electron chi connectivity index (χ4n) is 1.66. The van der Waals surface area contributed by atoms with E-state index in [1.54, 1.807) is 23.5 Å².